The number of likely N-dealkylation sites (tertiary alicyclic amines) is 1. The summed E-state index contributed by atoms with van der Waals surface area (Å²) in [6.07, 6.45) is 4.87. The second-order valence-corrected chi connectivity index (χ2v) is 6.55. The molecule has 2 aromatic rings. The number of aromatic nitrogens is 4. The van der Waals surface area contributed by atoms with Crippen LogP contribution in [0.5, 0.6) is 0 Å². The van der Waals surface area contributed by atoms with Crippen LogP contribution in [0.4, 0.5) is 5.82 Å². The SMILES string of the molecule is C=CC(=O)N1CC[C@@H](n2nc(C(C)(C)C=N)c3c(N)ncnc32)C1. The summed E-state index contributed by atoms with van der Waals surface area (Å²) in [7, 11) is 0. The van der Waals surface area contributed by atoms with E-state index in [0.717, 1.165) is 6.42 Å². The summed E-state index contributed by atoms with van der Waals surface area (Å²) in [6.45, 7) is 8.55. The fourth-order valence-corrected chi connectivity index (χ4v) is 3.04. The molecular weight excluding hydrogens is 306 g/mol. The number of amides is 1. The molecule has 24 heavy (non-hydrogen) atoms. The van der Waals surface area contributed by atoms with Gasteiger partial charge in [0.05, 0.1) is 17.1 Å². The van der Waals surface area contributed by atoms with Gasteiger partial charge in [-0.15, -0.1) is 0 Å². The molecule has 0 saturated carbocycles. The Bertz CT molecular complexity index is 823. The maximum atomic E-state index is 11.8. The number of nitrogen functional groups attached to an aromatic ring is 1. The van der Waals surface area contributed by atoms with Crippen molar-refractivity contribution in [3.63, 3.8) is 0 Å². The maximum absolute atomic E-state index is 11.8. The van der Waals surface area contributed by atoms with Crippen molar-refractivity contribution in [2.45, 2.75) is 31.7 Å². The standard InChI is InChI=1S/C16H21N7O/c1-4-11(24)22-6-5-10(7-22)23-15-12(14(18)19-9-20-15)13(21-23)16(2,3)8-17/h4,8-10,17H,1,5-7H2,2-3H3,(H2,18,19,20)/t10-/m1/s1. The monoisotopic (exact) mass is 327 g/mol. The summed E-state index contributed by atoms with van der Waals surface area (Å²) in [5, 5.41) is 13.1. The fourth-order valence-electron chi connectivity index (χ4n) is 3.04. The van der Waals surface area contributed by atoms with E-state index in [1.807, 2.05) is 18.5 Å². The molecule has 3 N–H and O–H groups in total. The zero-order valence-corrected chi connectivity index (χ0v) is 13.9. The number of nitrogens with one attached hydrogen (secondary N) is 1. The highest BCUT2D eigenvalue weighted by Gasteiger charge is 2.33. The van der Waals surface area contributed by atoms with Gasteiger partial charge in [-0.1, -0.05) is 6.58 Å². The second kappa shape index (κ2) is 5.70. The normalized spacial score (nSPS) is 18.1. The number of hydrogen-bond acceptors (Lipinski definition) is 6. The number of nitrogens with two attached hydrogens (primary N) is 1. The lowest BCUT2D eigenvalue weighted by molar-refractivity contribution is -0.125. The molecule has 1 aliphatic heterocycles. The number of rotatable bonds is 4. The summed E-state index contributed by atoms with van der Waals surface area (Å²) >= 11 is 0. The van der Waals surface area contributed by atoms with E-state index < -0.39 is 5.41 Å². The minimum absolute atomic E-state index is 0.0148. The van der Waals surface area contributed by atoms with Gasteiger partial charge in [-0.05, 0) is 26.3 Å². The summed E-state index contributed by atoms with van der Waals surface area (Å²) in [5.74, 6) is 0.274. The summed E-state index contributed by atoms with van der Waals surface area (Å²) in [5.41, 5.74) is 6.80. The summed E-state index contributed by atoms with van der Waals surface area (Å²) in [6, 6.07) is 0.0148. The molecule has 3 rings (SSSR count). The molecule has 1 saturated heterocycles. The van der Waals surface area contributed by atoms with Gasteiger partial charge in [0.1, 0.15) is 12.1 Å². The van der Waals surface area contributed by atoms with E-state index in [0.29, 0.717) is 35.6 Å². The van der Waals surface area contributed by atoms with Gasteiger partial charge >= 0.3 is 0 Å². The predicted molar refractivity (Wildman–Crippen MR) is 92.0 cm³/mol. The maximum Gasteiger partial charge on any atom is 0.246 e. The Balaban J connectivity index is 2.10. The van der Waals surface area contributed by atoms with Crippen molar-refractivity contribution in [3.05, 3.63) is 24.7 Å². The Morgan fingerprint density at radius 1 is 1.50 bits per heavy atom. The van der Waals surface area contributed by atoms with E-state index in [1.54, 1.807) is 4.90 Å². The van der Waals surface area contributed by atoms with E-state index >= 15 is 0 Å². The molecule has 0 aromatic carbocycles. The van der Waals surface area contributed by atoms with E-state index in [-0.39, 0.29) is 11.9 Å². The molecule has 1 amide bonds. The highest BCUT2D eigenvalue weighted by molar-refractivity contribution is 5.92. The van der Waals surface area contributed by atoms with Crippen LogP contribution in [0.2, 0.25) is 0 Å². The average molecular weight is 327 g/mol. The quantitative estimate of drug-likeness (QED) is 0.649. The van der Waals surface area contributed by atoms with Crippen molar-refractivity contribution in [1.82, 2.24) is 24.6 Å². The first-order valence-corrected chi connectivity index (χ1v) is 7.81. The molecule has 126 valence electrons. The van der Waals surface area contributed by atoms with E-state index in [2.05, 4.69) is 16.5 Å². The molecule has 0 aliphatic carbocycles. The molecule has 3 heterocycles. The van der Waals surface area contributed by atoms with Crippen molar-refractivity contribution < 1.29 is 4.79 Å². The summed E-state index contributed by atoms with van der Waals surface area (Å²) in [4.78, 5) is 22.0. The number of carbonyl (C=O) groups excluding carboxylic acids is 1. The van der Waals surface area contributed by atoms with Crippen LogP contribution in [0.1, 0.15) is 32.0 Å². The third-order valence-corrected chi connectivity index (χ3v) is 4.48. The van der Waals surface area contributed by atoms with Crippen LogP contribution in [0.25, 0.3) is 11.0 Å². The molecule has 1 aliphatic rings. The van der Waals surface area contributed by atoms with Gasteiger partial charge in [0, 0.05) is 24.7 Å². The number of fused-ring (bicyclic) bond motifs is 1. The molecular formula is C16H21N7O. The van der Waals surface area contributed by atoms with Crippen LogP contribution in [-0.2, 0) is 10.2 Å². The molecule has 0 radical (unpaired) electrons. The lowest BCUT2D eigenvalue weighted by Crippen LogP contribution is -2.27. The smallest absolute Gasteiger partial charge is 0.246 e. The van der Waals surface area contributed by atoms with E-state index in [9.17, 15) is 4.79 Å². The van der Waals surface area contributed by atoms with Crippen molar-refractivity contribution >= 4 is 29.0 Å². The van der Waals surface area contributed by atoms with Crippen LogP contribution in [0.15, 0.2) is 19.0 Å². The van der Waals surface area contributed by atoms with Crippen LogP contribution in [-0.4, -0.2) is 49.9 Å². The number of anilines is 1. The van der Waals surface area contributed by atoms with Gasteiger partial charge in [-0.3, -0.25) is 4.79 Å². The second-order valence-electron chi connectivity index (χ2n) is 6.55. The molecule has 8 heteroatoms. The summed E-state index contributed by atoms with van der Waals surface area (Å²) < 4.78 is 1.82. The van der Waals surface area contributed by atoms with Gasteiger partial charge in [0.25, 0.3) is 0 Å². The van der Waals surface area contributed by atoms with Crippen molar-refractivity contribution in [2.75, 3.05) is 18.8 Å². The molecule has 2 aromatic heterocycles. The zero-order valence-electron chi connectivity index (χ0n) is 13.9. The average Bonchev–Trinajstić information content (AvgIpc) is 3.19. The van der Waals surface area contributed by atoms with Crippen LogP contribution >= 0.6 is 0 Å². The highest BCUT2D eigenvalue weighted by Crippen LogP contribution is 2.33. The molecule has 1 fully saturated rings. The first-order valence-electron chi connectivity index (χ1n) is 7.81. The van der Waals surface area contributed by atoms with Crippen molar-refractivity contribution in [2.24, 2.45) is 0 Å². The Morgan fingerprint density at radius 2 is 2.25 bits per heavy atom. The lowest BCUT2D eigenvalue weighted by atomic mass is 9.89. The van der Waals surface area contributed by atoms with Gasteiger partial charge in [0.15, 0.2) is 5.65 Å². The van der Waals surface area contributed by atoms with E-state index in [1.165, 1.54) is 18.6 Å². The van der Waals surface area contributed by atoms with Gasteiger partial charge in [-0.25, -0.2) is 14.6 Å². The Kier molecular flexibility index (Phi) is 3.82. The highest BCUT2D eigenvalue weighted by atomic mass is 16.2. The van der Waals surface area contributed by atoms with Gasteiger partial charge in [-0.2, -0.15) is 5.10 Å². The minimum Gasteiger partial charge on any atom is -0.383 e. The van der Waals surface area contributed by atoms with Crippen LogP contribution in [0.3, 0.4) is 0 Å². The third kappa shape index (κ3) is 2.44. The zero-order chi connectivity index (χ0) is 17.5. The number of hydrogen-bond donors (Lipinski definition) is 2. The first-order chi connectivity index (χ1) is 11.4. The predicted octanol–water partition coefficient (Wildman–Crippen LogP) is 1.30. The minimum atomic E-state index is -0.586. The first kappa shape index (κ1) is 16.1. The third-order valence-electron chi connectivity index (χ3n) is 4.48. The van der Waals surface area contributed by atoms with Crippen LogP contribution < -0.4 is 5.73 Å². The van der Waals surface area contributed by atoms with Crippen molar-refractivity contribution in [1.29, 1.82) is 5.41 Å². The molecule has 0 unspecified atom stereocenters. The van der Waals surface area contributed by atoms with Crippen LogP contribution in [0, 0.1) is 5.41 Å². The Hall–Kier alpha value is -2.77. The molecule has 8 nitrogen and oxygen atoms in total. The number of nitrogens with zero attached hydrogens (tertiary/aromatic N) is 5. The fraction of sp³-hybridized carbons (Fsp3) is 0.438. The van der Waals surface area contributed by atoms with E-state index in [4.69, 9.17) is 16.2 Å². The number of carbonyl (C=O) groups is 1. The topological polar surface area (TPSA) is 114 Å². The van der Waals surface area contributed by atoms with Gasteiger partial charge < -0.3 is 16.0 Å². The lowest BCUT2D eigenvalue weighted by Gasteiger charge is -2.17. The Labute approximate surface area is 139 Å². The van der Waals surface area contributed by atoms with Gasteiger partial charge in [0.2, 0.25) is 5.91 Å². The molecule has 1 atom stereocenters. The van der Waals surface area contributed by atoms with Crippen molar-refractivity contribution in [3.8, 4) is 0 Å². The molecule has 0 spiro atoms. The Morgan fingerprint density at radius 3 is 2.92 bits per heavy atom. The largest absolute Gasteiger partial charge is 0.383 e. The molecule has 0 bridgehead atoms.